The number of nitro groups is 1. The van der Waals surface area contributed by atoms with Gasteiger partial charge in [0.2, 0.25) is 0 Å². The highest BCUT2D eigenvalue weighted by Gasteiger charge is 2.24. The van der Waals surface area contributed by atoms with E-state index >= 15 is 0 Å². The first-order valence-corrected chi connectivity index (χ1v) is 7.86. The molecule has 0 spiro atoms. The monoisotopic (exact) mass is 318 g/mol. The summed E-state index contributed by atoms with van der Waals surface area (Å²) in [6.45, 7) is 5.75. The van der Waals surface area contributed by atoms with Crippen molar-refractivity contribution >= 4 is 17.3 Å². The van der Waals surface area contributed by atoms with Crippen LogP contribution in [0.3, 0.4) is 0 Å². The summed E-state index contributed by atoms with van der Waals surface area (Å²) < 4.78 is 5.05. The maximum absolute atomic E-state index is 12.2. The van der Waals surface area contributed by atoms with E-state index in [1.54, 1.807) is 6.07 Å². The van der Waals surface area contributed by atoms with Crippen molar-refractivity contribution in [3.63, 3.8) is 0 Å². The molecule has 6 nitrogen and oxygen atoms in total. The van der Waals surface area contributed by atoms with Gasteiger partial charge in [-0.3, -0.25) is 10.1 Å². The summed E-state index contributed by atoms with van der Waals surface area (Å²) in [4.78, 5) is 22.6. The number of anilines is 1. The van der Waals surface area contributed by atoms with Gasteiger partial charge in [-0.15, -0.1) is 0 Å². The van der Waals surface area contributed by atoms with Crippen LogP contribution >= 0.6 is 0 Å². The standard InChI is InChI=1S/C17H22N2O4/c1-3-10-23-17(20)14-11-13(19(21)22)8-9-16(14)18-15-7-5-4-6-12(15)2/h3,8-9,11-12,15,18H,1,4-7,10H2,2H3/t12-,15+/m1/s1. The van der Waals surface area contributed by atoms with Crippen LogP contribution in [0.1, 0.15) is 43.0 Å². The molecular formula is C17H22N2O4. The lowest BCUT2D eigenvalue weighted by Gasteiger charge is -2.30. The second-order valence-electron chi connectivity index (χ2n) is 5.89. The average molecular weight is 318 g/mol. The molecular weight excluding hydrogens is 296 g/mol. The van der Waals surface area contributed by atoms with Gasteiger partial charge in [0.05, 0.1) is 10.5 Å². The predicted octanol–water partition coefficient (Wildman–Crippen LogP) is 3.93. The molecule has 1 aliphatic carbocycles. The number of nitro benzene ring substituents is 1. The molecule has 2 atom stereocenters. The molecule has 2 rings (SSSR count). The minimum atomic E-state index is -0.584. The van der Waals surface area contributed by atoms with E-state index in [4.69, 9.17) is 4.74 Å². The van der Waals surface area contributed by atoms with Crippen LogP contribution in [0.2, 0.25) is 0 Å². The van der Waals surface area contributed by atoms with E-state index in [1.165, 1.54) is 24.6 Å². The van der Waals surface area contributed by atoms with E-state index in [9.17, 15) is 14.9 Å². The molecule has 0 bridgehead atoms. The van der Waals surface area contributed by atoms with Crippen molar-refractivity contribution in [3.8, 4) is 0 Å². The molecule has 124 valence electrons. The maximum Gasteiger partial charge on any atom is 0.340 e. The Morgan fingerprint density at radius 2 is 2.22 bits per heavy atom. The van der Waals surface area contributed by atoms with E-state index in [0.29, 0.717) is 11.6 Å². The summed E-state index contributed by atoms with van der Waals surface area (Å²) in [7, 11) is 0. The quantitative estimate of drug-likeness (QED) is 0.372. The molecule has 0 radical (unpaired) electrons. The van der Waals surface area contributed by atoms with Gasteiger partial charge in [0.15, 0.2) is 0 Å². The molecule has 0 saturated heterocycles. The van der Waals surface area contributed by atoms with Crippen molar-refractivity contribution in [3.05, 3.63) is 46.5 Å². The van der Waals surface area contributed by atoms with Crippen molar-refractivity contribution in [2.24, 2.45) is 5.92 Å². The summed E-state index contributed by atoms with van der Waals surface area (Å²) in [5.41, 5.74) is 0.653. The zero-order chi connectivity index (χ0) is 16.8. The maximum atomic E-state index is 12.2. The largest absolute Gasteiger partial charge is 0.458 e. The molecule has 1 fully saturated rings. The normalized spacial score (nSPS) is 20.6. The molecule has 6 heteroatoms. The van der Waals surface area contributed by atoms with Crippen molar-refractivity contribution < 1.29 is 14.5 Å². The Morgan fingerprint density at radius 3 is 2.87 bits per heavy atom. The number of rotatable bonds is 6. The third-order valence-corrected chi connectivity index (χ3v) is 4.22. The summed E-state index contributed by atoms with van der Waals surface area (Å²) in [5.74, 6) is -0.0875. The highest BCUT2D eigenvalue weighted by atomic mass is 16.6. The Morgan fingerprint density at radius 1 is 1.48 bits per heavy atom. The minimum Gasteiger partial charge on any atom is -0.458 e. The third kappa shape index (κ3) is 4.31. The lowest BCUT2D eigenvalue weighted by atomic mass is 9.85. The van der Waals surface area contributed by atoms with Crippen LogP contribution in [0.25, 0.3) is 0 Å². The van der Waals surface area contributed by atoms with E-state index in [2.05, 4.69) is 18.8 Å². The van der Waals surface area contributed by atoms with Crippen molar-refractivity contribution in [2.75, 3.05) is 11.9 Å². The van der Waals surface area contributed by atoms with Gasteiger partial charge < -0.3 is 10.1 Å². The van der Waals surface area contributed by atoms with Gasteiger partial charge in [0, 0.05) is 23.9 Å². The van der Waals surface area contributed by atoms with Crippen molar-refractivity contribution in [1.82, 2.24) is 0 Å². The summed E-state index contributed by atoms with van der Waals surface area (Å²) in [5, 5.41) is 14.3. The van der Waals surface area contributed by atoms with Crippen LogP contribution in [-0.2, 0) is 4.74 Å². The topological polar surface area (TPSA) is 81.5 Å². The summed E-state index contributed by atoms with van der Waals surface area (Å²) >= 11 is 0. The zero-order valence-electron chi connectivity index (χ0n) is 13.3. The number of benzene rings is 1. The van der Waals surface area contributed by atoms with E-state index in [-0.39, 0.29) is 23.9 Å². The Kier molecular flexibility index (Phi) is 5.73. The minimum absolute atomic E-state index is 0.0702. The second-order valence-corrected chi connectivity index (χ2v) is 5.89. The van der Waals surface area contributed by atoms with E-state index in [1.807, 2.05) is 0 Å². The highest BCUT2D eigenvalue weighted by molar-refractivity contribution is 5.96. The smallest absolute Gasteiger partial charge is 0.340 e. The van der Waals surface area contributed by atoms with E-state index < -0.39 is 10.9 Å². The van der Waals surface area contributed by atoms with Gasteiger partial charge in [-0.1, -0.05) is 32.4 Å². The van der Waals surface area contributed by atoms with Crippen LogP contribution in [-0.4, -0.2) is 23.5 Å². The van der Waals surface area contributed by atoms with Crippen LogP contribution in [0.15, 0.2) is 30.9 Å². The third-order valence-electron chi connectivity index (χ3n) is 4.22. The molecule has 1 aromatic carbocycles. The fourth-order valence-corrected chi connectivity index (χ4v) is 2.88. The van der Waals surface area contributed by atoms with Gasteiger partial charge in [-0.2, -0.15) is 0 Å². The van der Waals surface area contributed by atoms with Crippen molar-refractivity contribution in [1.29, 1.82) is 0 Å². The Hall–Kier alpha value is -2.37. The molecule has 1 saturated carbocycles. The van der Waals surface area contributed by atoms with Crippen LogP contribution in [0.5, 0.6) is 0 Å². The molecule has 1 aliphatic rings. The highest BCUT2D eigenvalue weighted by Crippen LogP contribution is 2.30. The van der Waals surface area contributed by atoms with Gasteiger partial charge in [0.25, 0.3) is 5.69 Å². The first-order chi connectivity index (χ1) is 11.0. The van der Waals surface area contributed by atoms with E-state index in [0.717, 1.165) is 19.3 Å². The number of hydrogen-bond donors (Lipinski definition) is 1. The van der Waals surface area contributed by atoms with Gasteiger partial charge in [-0.05, 0) is 24.8 Å². The molecule has 0 heterocycles. The van der Waals surface area contributed by atoms with Crippen LogP contribution < -0.4 is 5.32 Å². The Labute approximate surface area is 135 Å². The fourth-order valence-electron chi connectivity index (χ4n) is 2.88. The first-order valence-electron chi connectivity index (χ1n) is 7.86. The number of carbonyl (C=O) groups excluding carboxylic acids is 1. The number of hydrogen-bond acceptors (Lipinski definition) is 5. The van der Waals surface area contributed by atoms with Gasteiger partial charge >= 0.3 is 5.97 Å². The van der Waals surface area contributed by atoms with Gasteiger partial charge in [-0.25, -0.2) is 4.79 Å². The SMILES string of the molecule is C=CCOC(=O)c1cc([N+](=O)[O-])ccc1N[C@H]1CCCC[C@H]1C. The van der Waals surface area contributed by atoms with Crippen LogP contribution in [0.4, 0.5) is 11.4 Å². The molecule has 0 aliphatic heterocycles. The summed E-state index contributed by atoms with van der Waals surface area (Å²) in [6, 6.07) is 4.52. The van der Waals surface area contributed by atoms with Crippen molar-refractivity contribution in [2.45, 2.75) is 38.6 Å². The molecule has 0 amide bonds. The number of nitrogens with zero attached hydrogens (tertiary/aromatic N) is 1. The first kappa shape index (κ1) is 17.0. The lowest BCUT2D eigenvalue weighted by Crippen LogP contribution is -2.31. The summed E-state index contributed by atoms with van der Waals surface area (Å²) in [6.07, 6.45) is 5.99. The molecule has 0 unspecified atom stereocenters. The number of non-ortho nitro benzene ring substituents is 1. The second kappa shape index (κ2) is 7.76. The molecule has 0 aromatic heterocycles. The Balaban J connectivity index is 2.27. The molecule has 1 N–H and O–H groups in total. The number of nitrogens with one attached hydrogen (secondary N) is 1. The average Bonchev–Trinajstić information content (AvgIpc) is 2.54. The van der Waals surface area contributed by atoms with Crippen LogP contribution in [0, 0.1) is 16.0 Å². The van der Waals surface area contributed by atoms with Gasteiger partial charge in [0.1, 0.15) is 6.61 Å². The molecule has 1 aromatic rings. The number of carbonyl (C=O) groups is 1. The predicted molar refractivity (Wildman–Crippen MR) is 88.6 cm³/mol. The fraction of sp³-hybridized carbons (Fsp3) is 0.471. The Bertz CT molecular complexity index is 600. The number of esters is 1. The molecule has 23 heavy (non-hydrogen) atoms. The number of ether oxygens (including phenoxy) is 1. The zero-order valence-corrected chi connectivity index (χ0v) is 13.3. The lowest BCUT2D eigenvalue weighted by molar-refractivity contribution is -0.384.